The number of amides is 1. The van der Waals surface area contributed by atoms with E-state index in [0.29, 0.717) is 41.5 Å². The molecule has 11 nitrogen and oxygen atoms in total. The zero-order chi connectivity index (χ0) is 26.9. The Balaban J connectivity index is 1.72. The second-order valence-corrected chi connectivity index (χ2v) is 9.23. The number of aryl methyl sites for hydroxylation is 2. The van der Waals surface area contributed by atoms with E-state index in [1.165, 1.54) is 12.1 Å². The number of nitrogens with one attached hydrogen (secondary N) is 2. The van der Waals surface area contributed by atoms with Gasteiger partial charge in [0.25, 0.3) is 0 Å². The molecule has 1 saturated heterocycles. The third-order valence-electron chi connectivity index (χ3n) is 6.69. The van der Waals surface area contributed by atoms with Crippen LogP contribution in [-0.4, -0.2) is 87.1 Å². The van der Waals surface area contributed by atoms with Crippen molar-refractivity contribution in [3.05, 3.63) is 41.5 Å². The first-order chi connectivity index (χ1) is 17.6. The minimum absolute atomic E-state index is 0.0116. The third kappa shape index (κ3) is 5.35. The van der Waals surface area contributed by atoms with Crippen LogP contribution in [-0.2, 0) is 16.1 Å². The van der Waals surface area contributed by atoms with E-state index in [1.54, 1.807) is 13.2 Å². The van der Waals surface area contributed by atoms with Gasteiger partial charge in [-0.3, -0.25) is 4.90 Å². The van der Waals surface area contributed by atoms with E-state index in [2.05, 4.69) is 15.6 Å². The van der Waals surface area contributed by atoms with E-state index in [1.807, 2.05) is 31.5 Å². The van der Waals surface area contributed by atoms with Crippen LogP contribution in [0.1, 0.15) is 17.8 Å². The number of carboxylic acids is 1. The molecule has 1 aliphatic rings. The molecule has 4 N–H and O–H groups in total. The lowest BCUT2D eigenvalue weighted by molar-refractivity contribution is -0.141. The molecular formula is C25H31FN6O5. The summed E-state index contributed by atoms with van der Waals surface area (Å²) in [6.07, 6.45) is -1.31. The highest BCUT2D eigenvalue weighted by atomic mass is 19.1. The normalized spacial score (nSPS) is 18.4. The van der Waals surface area contributed by atoms with Crippen molar-refractivity contribution in [2.75, 3.05) is 32.6 Å². The number of likely N-dealkylation sites (tertiary alicyclic amines) is 1. The summed E-state index contributed by atoms with van der Waals surface area (Å²) >= 11 is 0. The summed E-state index contributed by atoms with van der Waals surface area (Å²) in [6.45, 7) is 4.83. The molecule has 12 heteroatoms. The van der Waals surface area contributed by atoms with Crippen LogP contribution in [0, 0.1) is 19.7 Å². The molecule has 4 rings (SSSR count). The number of aromatic nitrogens is 3. The van der Waals surface area contributed by atoms with Crippen LogP contribution in [0.25, 0.3) is 22.3 Å². The summed E-state index contributed by atoms with van der Waals surface area (Å²) in [7, 11) is 3.48. The summed E-state index contributed by atoms with van der Waals surface area (Å²) in [4.78, 5) is 33.3. The molecule has 0 bridgehead atoms. The van der Waals surface area contributed by atoms with Gasteiger partial charge < -0.3 is 30.2 Å². The number of likely N-dealkylation sites (N-methyl/N-ethyl adjacent to an activating group) is 1. The van der Waals surface area contributed by atoms with E-state index in [4.69, 9.17) is 9.72 Å². The van der Waals surface area contributed by atoms with Crippen molar-refractivity contribution in [1.82, 2.24) is 24.8 Å². The highest BCUT2D eigenvalue weighted by Gasteiger charge is 2.40. The molecule has 2 aromatic heterocycles. The lowest BCUT2D eigenvalue weighted by atomic mass is 10.1. The molecule has 1 aromatic carbocycles. The zero-order valence-corrected chi connectivity index (χ0v) is 21.2. The first-order valence-corrected chi connectivity index (χ1v) is 11.9. The molecule has 3 atom stereocenters. The van der Waals surface area contributed by atoms with Gasteiger partial charge in [-0.15, -0.1) is 0 Å². The summed E-state index contributed by atoms with van der Waals surface area (Å²) in [5.41, 5.74) is 3.07. The van der Waals surface area contributed by atoms with E-state index in [9.17, 15) is 24.2 Å². The Morgan fingerprint density at radius 2 is 2.00 bits per heavy atom. The van der Waals surface area contributed by atoms with Crippen LogP contribution in [0.15, 0.2) is 24.3 Å². The van der Waals surface area contributed by atoms with Crippen LogP contribution in [0.2, 0.25) is 0 Å². The summed E-state index contributed by atoms with van der Waals surface area (Å²) in [5, 5.41) is 25.1. The van der Waals surface area contributed by atoms with Crippen LogP contribution in [0.4, 0.5) is 15.0 Å². The van der Waals surface area contributed by atoms with Crippen LogP contribution in [0.3, 0.4) is 0 Å². The number of halogens is 1. The molecule has 0 unspecified atom stereocenters. The van der Waals surface area contributed by atoms with Crippen molar-refractivity contribution in [3.8, 4) is 11.3 Å². The minimum atomic E-state index is -1.28. The van der Waals surface area contributed by atoms with E-state index < -0.39 is 30.0 Å². The number of ether oxygens (including phenoxy) is 1. The highest BCUT2D eigenvalue weighted by Crippen LogP contribution is 2.32. The van der Waals surface area contributed by atoms with E-state index in [0.717, 1.165) is 16.0 Å². The number of benzene rings is 1. The Labute approximate surface area is 213 Å². The quantitative estimate of drug-likeness (QED) is 0.339. The fourth-order valence-corrected chi connectivity index (χ4v) is 4.83. The molecular weight excluding hydrogens is 483 g/mol. The molecule has 3 aromatic rings. The summed E-state index contributed by atoms with van der Waals surface area (Å²) in [6, 6.07) is 4.87. The van der Waals surface area contributed by atoms with Crippen molar-refractivity contribution < 1.29 is 28.9 Å². The average molecular weight is 515 g/mol. The number of methoxy groups -OCH3 is 1. The molecule has 1 fully saturated rings. The number of aliphatic carboxylic acids is 1. The van der Waals surface area contributed by atoms with Crippen molar-refractivity contribution in [2.45, 2.75) is 45.0 Å². The van der Waals surface area contributed by atoms with Crippen molar-refractivity contribution in [2.24, 2.45) is 0 Å². The predicted octanol–water partition coefficient (Wildman–Crippen LogP) is 2.71. The number of nitrogens with zero attached hydrogens (tertiary/aromatic N) is 4. The van der Waals surface area contributed by atoms with Crippen LogP contribution >= 0.6 is 0 Å². The molecule has 1 aliphatic heterocycles. The number of carboxylic acid groups (broad SMARTS) is 2. The maximum absolute atomic E-state index is 14.7. The van der Waals surface area contributed by atoms with Crippen molar-refractivity contribution >= 4 is 28.9 Å². The van der Waals surface area contributed by atoms with Crippen molar-refractivity contribution in [1.29, 1.82) is 0 Å². The Hall–Kier alpha value is -3.77. The van der Waals surface area contributed by atoms with Crippen LogP contribution < -0.4 is 10.6 Å². The molecule has 1 amide bonds. The molecule has 3 heterocycles. The molecule has 0 spiro atoms. The van der Waals surface area contributed by atoms with Gasteiger partial charge in [-0.25, -0.2) is 23.9 Å². The number of pyridine rings is 1. The fraction of sp³-hybridized carbons (Fsp3) is 0.440. The molecule has 0 radical (unpaired) electrons. The van der Waals surface area contributed by atoms with Gasteiger partial charge in [-0.1, -0.05) is 6.07 Å². The van der Waals surface area contributed by atoms with Gasteiger partial charge in [0.1, 0.15) is 23.5 Å². The Morgan fingerprint density at radius 1 is 1.24 bits per heavy atom. The topological polar surface area (TPSA) is 142 Å². The molecule has 37 heavy (non-hydrogen) atoms. The maximum atomic E-state index is 14.7. The monoisotopic (exact) mass is 514 g/mol. The number of hydrogen-bond donors (Lipinski definition) is 4. The van der Waals surface area contributed by atoms with Gasteiger partial charge in [0, 0.05) is 44.3 Å². The van der Waals surface area contributed by atoms with Gasteiger partial charge in [0.05, 0.1) is 29.4 Å². The summed E-state index contributed by atoms with van der Waals surface area (Å²) < 4.78 is 22.3. The number of carbonyl (C=O) groups is 2. The smallest absolute Gasteiger partial charge is 0.408 e. The van der Waals surface area contributed by atoms with E-state index >= 15 is 0 Å². The van der Waals surface area contributed by atoms with Crippen LogP contribution in [0.5, 0.6) is 0 Å². The number of rotatable bonds is 9. The highest BCUT2D eigenvalue weighted by molar-refractivity contribution is 5.92. The number of hydrogen-bond acceptors (Lipinski definition) is 7. The largest absolute Gasteiger partial charge is 0.480 e. The van der Waals surface area contributed by atoms with Gasteiger partial charge in [0.2, 0.25) is 0 Å². The van der Waals surface area contributed by atoms with Gasteiger partial charge >= 0.3 is 12.1 Å². The molecule has 0 aliphatic carbocycles. The van der Waals surface area contributed by atoms with Crippen molar-refractivity contribution in [3.63, 3.8) is 0 Å². The predicted molar refractivity (Wildman–Crippen MR) is 135 cm³/mol. The Bertz CT molecular complexity index is 1310. The lowest BCUT2D eigenvalue weighted by Crippen LogP contribution is -2.39. The van der Waals surface area contributed by atoms with Gasteiger partial charge in [-0.05, 0) is 38.6 Å². The Kier molecular flexibility index (Phi) is 7.60. The minimum Gasteiger partial charge on any atom is -0.480 e. The maximum Gasteiger partial charge on any atom is 0.408 e. The second-order valence-electron chi connectivity index (χ2n) is 9.23. The number of fused-ring (bicyclic) bond motifs is 1. The van der Waals surface area contributed by atoms with Gasteiger partial charge in [-0.2, -0.15) is 0 Å². The lowest BCUT2D eigenvalue weighted by Gasteiger charge is -2.19. The molecule has 198 valence electrons. The number of anilines is 1. The average Bonchev–Trinajstić information content (AvgIpc) is 3.40. The molecule has 0 saturated carbocycles. The van der Waals surface area contributed by atoms with Gasteiger partial charge in [0.15, 0.2) is 0 Å². The SMILES string of the molecule is CNC[C@@H](Cn1c(C)nc2cc(F)cc(-c3ccc(C)c(N[C@H]4C[C@@H](C(=O)O)N(C(=O)O)C4)n3)c21)OC. The summed E-state index contributed by atoms with van der Waals surface area (Å²) in [5.74, 6) is -0.447. The second kappa shape index (κ2) is 10.7. The zero-order valence-electron chi connectivity index (χ0n) is 21.2. The number of imidazole rings is 1. The Morgan fingerprint density at radius 3 is 2.62 bits per heavy atom. The first-order valence-electron chi connectivity index (χ1n) is 11.9. The van der Waals surface area contributed by atoms with E-state index in [-0.39, 0.29) is 19.1 Å². The fourth-order valence-electron chi connectivity index (χ4n) is 4.83. The third-order valence-corrected chi connectivity index (χ3v) is 6.69. The first kappa shape index (κ1) is 26.3. The standard InChI is InChI=1S/C25H31FN6O5/c1-13-5-6-19(30-23(13)29-16-9-21(24(33)34)32(11-16)25(35)36)18-7-15(26)8-20-22(18)31(14(2)28-20)12-17(37-4)10-27-3/h5-8,16-17,21,27H,9-12H2,1-4H3,(H,29,30)(H,33,34)(H,35,36)/t16-,17-,21-/m0/s1.